The number of methoxy groups -OCH3 is 1. The van der Waals surface area contributed by atoms with Crippen LogP contribution in [0, 0.1) is 5.92 Å². The number of halogens is 1. The normalized spacial score (nSPS) is 14.5. The van der Waals surface area contributed by atoms with E-state index in [1.54, 1.807) is 29.8 Å². The zero-order chi connectivity index (χ0) is 13.7. The second kappa shape index (κ2) is 7.41. The minimum absolute atomic E-state index is 0.233. The van der Waals surface area contributed by atoms with Crippen molar-refractivity contribution in [3.05, 3.63) is 43.7 Å². The lowest BCUT2D eigenvalue weighted by Crippen LogP contribution is -2.27. The van der Waals surface area contributed by atoms with Gasteiger partial charge in [0.2, 0.25) is 0 Å². The average molecular weight is 316 g/mol. The smallest absolute Gasteiger partial charge is 0.0931 e. The van der Waals surface area contributed by atoms with E-state index < -0.39 is 0 Å². The number of thiophene rings is 2. The summed E-state index contributed by atoms with van der Waals surface area (Å²) in [6.45, 7) is 3.88. The fraction of sp³-hybridized carbons (Fsp3) is 0.429. The first kappa shape index (κ1) is 15.0. The molecule has 2 unspecified atom stereocenters. The van der Waals surface area contributed by atoms with Gasteiger partial charge in [0.05, 0.1) is 10.4 Å². The SMILES string of the molecule is COCC(C)CNC(c1cccs1)c1ccc(Cl)s1. The number of ether oxygens (including phenoxy) is 1. The minimum Gasteiger partial charge on any atom is -0.384 e. The van der Waals surface area contributed by atoms with Gasteiger partial charge in [0.1, 0.15) is 0 Å². The van der Waals surface area contributed by atoms with Gasteiger partial charge in [0, 0.05) is 30.0 Å². The van der Waals surface area contributed by atoms with Crippen LogP contribution in [-0.4, -0.2) is 20.3 Å². The van der Waals surface area contributed by atoms with Crippen molar-refractivity contribution in [2.45, 2.75) is 13.0 Å². The van der Waals surface area contributed by atoms with Gasteiger partial charge in [0.25, 0.3) is 0 Å². The van der Waals surface area contributed by atoms with Crippen molar-refractivity contribution in [2.24, 2.45) is 5.92 Å². The van der Waals surface area contributed by atoms with E-state index in [-0.39, 0.29) is 6.04 Å². The molecule has 0 aliphatic carbocycles. The Morgan fingerprint density at radius 3 is 2.74 bits per heavy atom. The van der Waals surface area contributed by atoms with E-state index in [9.17, 15) is 0 Å². The van der Waals surface area contributed by atoms with Crippen LogP contribution in [0.15, 0.2) is 29.6 Å². The summed E-state index contributed by atoms with van der Waals surface area (Å²) in [6.07, 6.45) is 0. The maximum Gasteiger partial charge on any atom is 0.0931 e. The Bertz CT molecular complexity index is 483. The summed E-state index contributed by atoms with van der Waals surface area (Å²) in [6, 6.07) is 8.55. The molecule has 0 fully saturated rings. The van der Waals surface area contributed by atoms with Gasteiger partial charge in [-0.2, -0.15) is 0 Å². The van der Waals surface area contributed by atoms with Crippen LogP contribution in [0.25, 0.3) is 0 Å². The summed E-state index contributed by atoms with van der Waals surface area (Å²) < 4.78 is 6.02. The largest absolute Gasteiger partial charge is 0.384 e. The molecule has 19 heavy (non-hydrogen) atoms. The van der Waals surface area contributed by atoms with Crippen molar-refractivity contribution in [1.29, 1.82) is 0 Å². The third-order valence-corrected chi connectivity index (χ3v) is 5.06. The number of hydrogen-bond donors (Lipinski definition) is 1. The molecule has 0 radical (unpaired) electrons. The Labute approximate surface area is 127 Å². The fourth-order valence-corrected chi connectivity index (χ4v) is 3.99. The van der Waals surface area contributed by atoms with Gasteiger partial charge in [-0.05, 0) is 29.5 Å². The summed E-state index contributed by atoms with van der Waals surface area (Å²) in [5.41, 5.74) is 0. The molecular formula is C14H18ClNOS2. The summed E-state index contributed by atoms with van der Waals surface area (Å²) in [5, 5.41) is 5.73. The van der Waals surface area contributed by atoms with Crippen molar-refractivity contribution in [3.8, 4) is 0 Å². The molecule has 104 valence electrons. The maximum atomic E-state index is 6.05. The number of rotatable bonds is 7. The van der Waals surface area contributed by atoms with Gasteiger partial charge in [-0.15, -0.1) is 22.7 Å². The van der Waals surface area contributed by atoms with Crippen molar-refractivity contribution in [1.82, 2.24) is 5.32 Å². The van der Waals surface area contributed by atoms with Crippen LogP contribution >= 0.6 is 34.3 Å². The quantitative estimate of drug-likeness (QED) is 0.816. The second-order valence-electron chi connectivity index (χ2n) is 4.56. The van der Waals surface area contributed by atoms with E-state index >= 15 is 0 Å². The minimum atomic E-state index is 0.233. The third-order valence-electron chi connectivity index (χ3n) is 2.83. The van der Waals surface area contributed by atoms with E-state index in [1.807, 2.05) is 6.07 Å². The van der Waals surface area contributed by atoms with Crippen LogP contribution in [0.4, 0.5) is 0 Å². The highest BCUT2D eigenvalue weighted by Gasteiger charge is 2.17. The van der Waals surface area contributed by atoms with Crippen LogP contribution < -0.4 is 5.32 Å². The van der Waals surface area contributed by atoms with E-state index in [1.165, 1.54) is 9.75 Å². The second-order valence-corrected chi connectivity index (χ2v) is 7.29. The number of nitrogens with one attached hydrogen (secondary N) is 1. The molecule has 2 aromatic rings. The van der Waals surface area contributed by atoms with Crippen LogP contribution in [0.5, 0.6) is 0 Å². The Hall–Kier alpha value is -0.390. The average Bonchev–Trinajstić information content (AvgIpc) is 3.02. The molecule has 0 aromatic carbocycles. The molecule has 0 saturated carbocycles. The molecule has 5 heteroatoms. The standard InChI is InChI=1S/C14H18ClNOS2/c1-10(9-17-2)8-16-14(11-4-3-7-18-11)12-5-6-13(15)19-12/h3-7,10,14,16H,8-9H2,1-2H3. The molecule has 2 atom stereocenters. The first-order valence-corrected chi connectivity index (χ1v) is 8.29. The van der Waals surface area contributed by atoms with Crippen molar-refractivity contribution in [3.63, 3.8) is 0 Å². The summed E-state index contributed by atoms with van der Waals surface area (Å²) in [7, 11) is 1.74. The topological polar surface area (TPSA) is 21.3 Å². The highest BCUT2D eigenvalue weighted by Crippen LogP contribution is 2.33. The first-order valence-electron chi connectivity index (χ1n) is 6.21. The van der Waals surface area contributed by atoms with Gasteiger partial charge in [-0.1, -0.05) is 24.6 Å². The Balaban J connectivity index is 2.07. The predicted molar refractivity (Wildman–Crippen MR) is 84.5 cm³/mol. The molecule has 0 spiro atoms. The Morgan fingerprint density at radius 2 is 2.16 bits per heavy atom. The molecule has 2 aromatic heterocycles. The van der Waals surface area contributed by atoms with E-state index in [0.717, 1.165) is 17.5 Å². The van der Waals surface area contributed by atoms with Crippen LogP contribution in [0.3, 0.4) is 0 Å². The van der Waals surface area contributed by atoms with Gasteiger partial charge in [0.15, 0.2) is 0 Å². The molecular weight excluding hydrogens is 298 g/mol. The third kappa shape index (κ3) is 4.29. The number of hydrogen-bond acceptors (Lipinski definition) is 4. The maximum absolute atomic E-state index is 6.05. The zero-order valence-electron chi connectivity index (χ0n) is 11.1. The van der Waals surface area contributed by atoms with E-state index in [4.69, 9.17) is 16.3 Å². The van der Waals surface area contributed by atoms with Gasteiger partial charge in [-0.25, -0.2) is 0 Å². The molecule has 2 rings (SSSR count). The summed E-state index contributed by atoms with van der Waals surface area (Å²) in [4.78, 5) is 2.58. The van der Waals surface area contributed by atoms with Gasteiger partial charge >= 0.3 is 0 Å². The lowest BCUT2D eigenvalue weighted by atomic mass is 10.1. The van der Waals surface area contributed by atoms with Crippen LogP contribution in [0.1, 0.15) is 22.7 Å². The van der Waals surface area contributed by atoms with Crippen molar-refractivity contribution < 1.29 is 4.74 Å². The molecule has 0 amide bonds. The van der Waals surface area contributed by atoms with E-state index in [2.05, 4.69) is 35.8 Å². The molecule has 0 aliphatic rings. The van der Waals surface area contributed by atoms with Gasteiger partial charge in [-0.3, -0.25) is 0 Å². The predicted octanol–water partition coefficient (Wildman–Crippen LogP) is 4.42. The van der Waals surface area contributed by atoms with Gasteiger partial charge < -0.3 is 10.1 Å². The van der Waals surface area contributed by atoms with Crippen LogP contribution in [0.2, 0.25) is 4.34 Å². The molecule has 0 bridgehead atoms. The lowest BCUT2D eigenvalue weighted by molar-refractivity contribution is 0.157. The Morgan fingerprint density at radius 1 is 1.32 bits per heavy atom. The lowest BCUT2D eigenvalue weighted by Gasteiger charge is -2.19. The summed E-state index contributed by atoms with van der Waals surface area (Å²) in [5.74, 6) is 0.489. The fourth-order valence-electron chi connectivity index (χ4n) is 1.94. The summed E-state index contributed by atoms with van der Waals surface area (Å²) >= 11 is 9.46. The van der Waals surface area contributed by atoms with Crippen molar-refractivity contribution in [2.75, 3.05) is 20.3 Å². The molecule has 2 nitrogen and oxygen atoms in total. The Kier molecular flexibility index (Phi) is 5.85. The van der Waals surface area contributed by atoms with Crippen molar-refractivity contribution >= 4 is 34.3 Å². The highest BCUT2D eigenvalue weighted by molar-refractivity contribution is 7.16. The zero-order valence-corrected chi connectivity index (χ0v) is 13.4. The molecule has 1 N–H and O–H groups in total. The van der Waals surface area contributed by atoms with Crippen LogP contribution in [-0.2, 0) is 4.74 Å². The molecule has 2 heterocycles. The molecule has 0 aliphatic heterocycles. The first-order chi connectivity index (χ1) is 9.20. The molecule has 0 saturated heterocycles. The monoisotopic (exact) mass is 315 g/mol. The van der Waals surface area contributed by atoms with E-state index in [0.29, 0.717) is 5.92 Å². The highest BCUT2D eigenvalue weighted by atomic mass is 35.5.